The van der Waals surface area contributed by atoms with Gasteiger partial charge in [-0.25, -0.2) is 0 Å². The third-order valence-corrected chi connectivity index (χ3v) is 10.1. The number of hydrogen-bond donors (Lipinski definition) is 1. The molecule has 2 rings (SSSR count). The van der Waals surface area contributed by atoms with Crippen molar-refractivity contribution >= 4 is 25.2 Å². The maximum atomic E-state index is 13.3. The summed E-state index contributed by atoms with van der Waals surface area (Å²) in [7, 11) is 3.17. The van der Waals surface area contributed by atoms with E-state index in [9.17, 15) is 9.59 Å². The Labute approximate surface area is 176 Å². The quantitative estimate of drug-likeness (QED) is 0.341. The summed E-state index contributed by atoms with van der Waals surface area (Å²) in [5.74, 6) is 1.42. The van der Waals surface area contributed by atoms with Gasteiger partial charge in [0, 0.05) is 0 Å². The topological polar surface area (TPSA) is 86.0 Å². The predicted octanol–water partition coefficient (Wildman–Crippen LogP) is 4.71. The first-order valence-electron chi connectivity index (χ1n) is 9.72. The first-order valence-corrected chi connectivity index (χ1v) is 13.3. The molecule has 0 amide bonds. The minimum atomic E-state index is -1.88. The van der Waals surface area contributed by atoms with Gasteiger partial charge in [-0.3, -0.25) is 0 Å². The number of unbranched alkanes of at least 4 members (excludes halogenated alkanes) is 1. The van der Waals surface area contributed by atoms with Gasteiger partial charge in [0.25, 0.3) is 0 Å². The van der Waals surface area contributed by atoms with Crippen molar-refractivity contribution in [1.29, 1.82) is 0 Å². The number of rotatable bonds is 13. The number of carboxylic acid groups (broad SMARTS) is 1. The number of methoxy groups -OCH3 is 2. The Morgan fingerprint density at radius 2 is 1.72 bits per heavy atom. The van der Waals surface area contributed by atoms with Crippen LogP contribution in [0.1, 0.15) is 47.4 Å². The van der Waals surface area contributed by atoms with Crippen LogP contribution in [0.5, 0.6) is 11.5 Å². The molecule has 0 spiro atoms. The fourth-order valence-corrected chi connectivity index (χ4v) is 7.95. The maximum absolute atomic E-state index is 13.3. The molecule has 0 aliphatic rings. The summed E-state index contributed by atoms with van der Waals surface area (Å²) >= 11 is -1.88. The van der Waals surface area contributed by atoms with E-state index in [1.165, 1.54) is 0 Å². The van der Waals surface area contributed by atoms with Crippen LogP contribution in [0.25, 0.3) is 0 Å². The van der Waals surface area contributed by atoms with Crippen LogP contribution in [0.2, 0.25) is 10.4 Å². The first-order chi connectivity index (χ1) is 14.0. The van der Waals surface area contributed by atoms with Crippen molar-refractivity contribution in [1.82, 2.24) is 0 Å². The van der Waals surface area contributed by atoms with E-state index >= 15 is 0 Å². The fourth-order valence-electron chi connectivity index (χ4n) is 3.18. The SMILES string of the molecule is COc1cc(C(=O)[As](CCCCC(=O)O)CCCc2ccco2)cc(OC)c1C. The molecule has 2 aromatic rings. The zero-order valence-electron chi connectivity index (χ0n) is 17.3. The molecule has 0 radical (unpaired) electrons. The third-order valence-electron chi connectivity index (χ3n) is 4.79. The molecular formula is C22H29AsO6. The molecule has 1 unspecified atom stereocenters. The van der Waals surface area contributed by atoms with Crippen molar-refractivity contribution in [3.05, 3.63) is 47.4 Å². The Morgan fingerprint density at radius 1 is 1.07 bits per heavy atom. The second kappa shape index (κ2) is 11.7. The predicted molar refractivity (Wildman–Crippen MR) is 112 cm³/mol. The van der Waals surface area contributed by atoms with Crippen LogP contribution in [0.3, 0.4) is 0 Å². The Kier molecular flexibility index (Phi) is 9.32. The number of carboxylic acids is 1. The Bertz CT molecular complexity index is 775. The van der Waals surface area contributed by atoms with Gasteiger partial charge in [-0.05, 0) is 0 Å². The number of furan rings is 1. The average Bonchev–Trinajstić information content (AvgIpc) is 3.22. The molecule has 29 heavy (non-hydrogen) atoms. The van der Waals surface area contributed by atoms with Crippen LogP contribution >= 0.6 is 0 Å². The first kappa shape index (κ1) is 23.1. The molecule has 0 aliphatic carbocycles. The van der Waals surface area contributed by atoms with Crippen LogP contribution < -0.4 is 9.47 Å². The van der Waals surface area contributed by atoms with Crippen molar-refractivity contribution in [3.63, 3.8) is 0 Å². The van der Waals surface area contributed by atoms with Crippen molar-refractivity contribution in [2.24, 2.45) is 0 Å². The van der Waals surface area contributed by atoms with Crippen molar-refractivity contribution in [2.75, 3.05) is 14.2 Å². The molecule has 0 aliphatic heterocycles. The summed E-state index contributed by atoms with van der Waals surface area (Å²) < 4.78 is 16.4. The van der Waals surface area contributed by atoms with Crippen LogP contribution in [-0.4, -0.2) is 44.5 Å². The van der Waals surface area contributed by atoms with E-state index in [0.717, 1.165) is 41.0 Å². The summed E-state index contributed by atoms with van der Waals surface area (Å²) in [6, 6.07) is 7.41. The molecule has 0 bridgehead atoms. The molecule has 7 heteroatoms. The summed E-state index contributed by atoms with van der Waals surface area (Å²) in [6.45, 7) is 1.90. The second-order valence-electron chi connectivity index (χ2n) is 6.83. The summed E-state index contributed by atoms with van der Waals surface area (Å²) in [5, 5.41) is 10.5. The number of aliphatic carboxylic acids is 1. The molecule has 1 aromatic heterocycles. The fraction of sp³-hybridized carbons (Fsp3) is 0.455. The van der Waals surface area contributed by atoms with Gasteiger partial charge < -0.3 is 0 Å². The zero-order valence-corrected chi connectivity index (χ0v) is 19.1. The third kappa shape index (κ3) is 6.97. The zero-order chi connectivity index (χ0) is 21.2. The normalized spacial score (nSPS) is 11.8. The van der Waals surface area contributed by atoms with E-state index in [2.05, 4.69) is 0 Å². The van der Waals surface area contributed by atoms with E-state index < -0.39 is 20.6 Å². The van der Waals surface area contributed by atoms with Crippen LogP contribution in [0, 0.1) is 6.92 Å². The van der Waals surface area contributed by atoms with E-state index in [0.29, 0.717) is 23.5 Å². The van der Waals surface area contributed by atoms with Gasteiger partial charge in [0.2, 0.25) is 0 Å². The second-order valence-corrected chi connectivity index (χ2v) is 11.8. The monoisotopic (exact) mass is 464 g/mol. The molecule has 6 nitrogen and oxygen atoms in total. The van der Waals surface area contributed by atoms with Crippen LogP contribution in [-0.2, 0) is 11.2 Å². The van der Waals surface area contributed by atoms with Crippen molar-refractivity contribution in [3.8, 4) is 11.5 Å². The van der Waals surface area contributed by atoms with E-state index in [-0.39, 0.29) is 11.0 Å². The molecule has 1 atom stereocenters. The molecule has 1 N–H and O–H groups in total. The van der Waals surface area contributed by atoms with Gasteiger partial charge in [-0.15, -0.1) is 0 Å². The molecule has 0 saturated carbocycles. The van der Waals surface area contributed by atoms with Crippen LogP contribution in [0.4, 0.5) is 0 Å². The number of carbonyl (C=O) groups excluding carboxylic acids is 1. The standard InChI is InChI=1S/C22H29AsO6/c1-16-19(27-2)14-17(15-20(16)28-3)22(26)23(11-5-4-10-21(24)25)12-6-8-18-9-7-13-29-18/h7,9,13-15H,4-6,8,10-12H2,1-3H3,(H,24,25). The van der Waals surface area contributed by atoms with E-state index in [1.807, 2.05) is 19.1 Å². The minimum absolute atomic E-state index is 0.148. The summed E-state index contributed by atoms with van der Waals surface area (Å²) in [5.41, 5.74) is 1.49. The van der Waals surface area contributed by atoms with E-state index in [1.54, 1.807) is 32.6 Å². The van der Waals surface area contributed by atoms with Crippen LogP contribution in [0.15, 0.2) is 34.9 Å². The molecule has 0 fully saturated rings. The summed E-state index contributed by atoms with van der Waals surface area (Å²) in [4.78, 5) is 24.1. The molecule has 1 aromatic carbocycles. The van der Waals surface area contributed by atoms with Gasteiger partial charge in [-0.2, -0.15) is 0 Å². The van der Waals surface area contributed by atoms with Gasteiger partial charge in [-0.1, -0.05) is 0 Å². The van der Waals surface area contributed by atoms with E-state index in [4.69, 9.17) is 19.0 Å². The number of carbonyl (C=O) groups is 2. The Morgan fingerprint density at radius 3 is 2.28 bits per heavy atom. The number of benzene rings is 1. The summed E-state index contributed by atoms with van der Waals surface area (Å²) in [6.07, 6.45) is 4.87. The molecule has 0 saturated heterocycles. The molecule has 158 valence electrons. The molecular weight excluding hydrogens is 435 g/mol. The Hall–Kier alpha value is -2.20. The average molecular weight is 464 g/mol. The van der Waals surface area contributed by atoms with Gasteiger partial charge in [0.15, 0.2) is 0 Å². The number of aryl methyl sites for hydroxylation is 1. The van der Waals surface area contributed by atoms with Crippen molar-refractivity contribution in [2.45, 2.75) is 49.4 Å². The van der Waals surface area contributed by atoms with Gasteiger partial charge >= 0.3 is 176 Å². The number of hydrogen-bond acceptors (Lipinski definition) is 5. The number of ether oxygens (including phenoxy) is 2. The van der Waals surface area contributed by atoms with Crippen molar-refractivity contribution < 1.29 is 28.6 Å². The Balaban J connectivity index is 2.12. The molecule has 1 heterocycles. The van der Waals surface area contributed by atoms with Gasteiger partial charge in [0.1, 0.15) is 0 Å². The van der Waals surface area contributed by atoms with Gasteiger partial charge in [0.05, 0.1) is 0 Å².